The second-order valence-electron chi connectivity index (χ2n) is 6.75. The van der Waals surface area contributed by atoms with Gasteiger partial charge in [0.25, 0.3) is 5.91 Å². The van der Waals surface area contributed by atoms with Crippen LogP contribution in [0.2, 0.25) is 5.02 Å². The number of hydrogen-bond acceptors (Lipinski definition) is 3. The van der Waals surface area contributed by atoms with Gasteiger partial charge in [-0.05, 0) is 51.1 Å². The number of amides is 1. The van der Waals surface area contributed by atoms with E-state index in [-0.39, 0.29) is 29.0 Å². The van der Waals surface area contributed by atoms with E-state index in [0.29, 0.717) is 18.7 Å². The number of likely N-dealkylation sites (N-methyl/N-ethyl adjacent to an activating group) is 1. The van der Waals surface area contributed by atoms with E-state index in [9.17, 15) is 14.3 Å². The van der Waals surface area contributed by atoms with Crippen molar-refractivity contribution in [2.24, 2.45) is 5.41 Å². The zero-order valence-corrected chi connectivity index (χ0v) is 14.0. The van der Waals surface area contributed by atoms with Crippen LogP contribution in [-0.4, -0.2) is 60.1 Å². The van der Waals surface area contributed by atoms with Gasteiger partial charge in [0, 0.05) is 30.1 Å². The number of benzene rings is 1. The maximum absolute atomic E-state index is 13.3. The Hall–Kier alpha value is -1.17. The van der Waals surface area contributed by atoms with Crippen LogP contribution in [0.15, 0.2) is 18.2 Å². The van der Waals surface area contributed by atoms with Gasteiger partial charge in [0.2, 0.25) is 0 Å². The molecule has 1 aromatic rings. The fraction of sp³-hybridized carbons (Fsp3) is 0.588. The summed E-state index contributed by atoms with van der Waals surface area (Å²) >= 11 is 5.79. The first-order valence-electron chi connectivity index (χ1n) is 8.02. The molecule has 6 heteroatoms. The maximum Gasteiger partial charge on any atom is 0.253 e. The molecular formula is C17H22ClFN2O2. The third-order valence-corrected chi connectivity index (χ3v) is 5.76. The first kappa shape index (κ1) is 16.7. The van der Waals surface area contributed by atoms with Gasteiger partial charge in [-0.1, -0.05) is 11.6 Å². The summed E-state index contributed by atoms with van der Waals surface area (Å²) in [5.41, 5.74) is 0.302. The molecule has 0 bridgehead atoms. The topological polar surface area (TPSA) is 43.8 Å². The molecule has 0 unspecified atom stereocenters. The fourth-order valence-electron chi connectivity index (χ4n) is 4.01. The second kappa shape index (κ2) is 6.38. The largest absolute Gasteiger partial charge is 0.396 e. The number of halogens is 2. The lowest BCUT2D eigenvalue weighted by Crippen LogP contribution is -2.62. The third-order valence-electron chi connectivity index (χ3n) is 5.47. The highest BCUT2D eigenvalue weighted by Gasteiger charge is 2.47. The van der Waals surface area contributed by atoms with Gasteiger partial charge in [-0.25, -0.2) is 4.39 Å². The minimum absolute atomic E-state index is 0.0349. The number of likely N-dealkylation sites (tertiary alicyclic amines) is 2. The van der Waals surface area contributed by atoms with Gasteiger partial charge >= 0.3 is 0 Å². The van der Waals surface area contributed by atoms with Crippen molar-refractivity contribution in [1.29, 1.82) is 0 Å². The summed E-state index contributed by atoms with van der Waals surface area (Å²) in [5, 5.41) is 9.88. The van der Waals surface area contributed by atoms with Gasteiger partial charge in [0.05, 0.1) is 11.6 Å². The summed E-state index contributed by atoms with van der Waals surface area (Å²) in [6, 6.07) is 4.25. The zero-order chi connectivity index (χ0) is 16.6. The molecule has 3 rings (SSSR count). The Kier molecular flexibility index (Phi) is 4.63. The first-order chi connectivity index (χ1) is 11.0. The molecular weight excluding hydrogens is 319 g/mol. The Balaban J connectivity index is 1.80. The molecule has 0 aromatic heterocycles. The quantitative estimate of drug-likeness (QED) is 0.899. The number of carbonyl (C=O) groups excluding carboxylic acids is 1. The van der Waals surface area contributed by atoms with E-state index in [1.807, 2.05) is 0 Å². The van der Waals surface area contributed by atoms with E-state index in [1.54, 1.807) is 4.90 Å². The molecule has 2 aliphatic heterocycles. The standard InChI is InChI=1S/C17H22ClFN2O2/c1-20-7-2-5-17(11-22)6-8-21(10-15(17)20)16(23)12-3-4-14(19)13(18)9-12/h3-4,9,15,22H,2,5-8,10-11H2,1H3/t15-,17-/m1/s1. The zero-order valence-electron chi connectivity index (χ0n) is 13.3. The second-order valence-corrected chi connectivity index (χ2v) is 7.16. The van der Waals surface area contributed by atoms with Gasteiger partial charge in [-0.2, -0.15) is 0 Å². The van der Waals surface area contributed by atoms with Crippen molar-refractivity contribution < 1.29 is 14.3 Å². The summed E-state index contributed by atoms with van der Waals surface area (Å²) in [5.74, 6) is -0.648. The summed E-state index contributed by atoms with van der Waals surface area (Å²) in [4.78, 5) is 16.7. The Morgan fingerprint density at radius 1 is 1.43 bits per heavy atom. The number of aliphatic hydroxyl groups is 1. The molecule has 2 aliphatic rings. The van der Waals surface area contributed by atoms with Crippen molar-refractivity contribution in [3.63, 3.8) is 0 Å². The smallest absolute Gasteiger partial charge is 0.253 e. The molecule has 0 spiro atoms. The highest BCUT2D eigenvalue weighted by molar-refractivity contribution is 6.31. The molecule has 1 amide bonds. The average molecular weight is 341 g/mol. The SMILES string of the molecule is CN1CCC[C@]2(CO)CCN(C(=O)c3ccc(F)c(Cl)c3)C[C@@H]12. The summed E-state index contributed by atoms with van der Waals surface area (Å²) in [6.45, 7) is 2.34. The molecule has 2 heterocycles. The van der Waals surface area contributed by atoms with Crippen LogP contribution in [0.5, 0.6) is 0 Å². The fourth-order valence-corrected chi connectivity index (χ4v) is 4.19. The van der Waals surface area contributed by atoms with E-state index in [4.69, 9.17) is 11.6 Å². The van der Waals surface area contributed by atoms with E-state index < -0.39 is 5.82 Å². The minimum atomic E-state index is -0.520. The lowest BCUT2D eigenvalue weighted by molar-refractivity contribution is -0.0601. The molecule has 0 saturated carbocycles. The van der Waals surface area contributed by atoms with Gasteiger partial charge in [0.1, 0.15) is 5.82 Å². The van der Waals surface area contributed by atoms with Crippen molar-refractivity contribution >= 4 is 17.5 Å². The average Bonchev–Trinajstić information content (AvgIpc) is 2.56. The van der Waals surface area contributed by atoms with Crippen LogP contribution in [0.25, 0.3) is 0 Å². The molecule has 2 saturated heterocycles. The number of carbonyl (C=O) groups is 1. The van der Waals surface area contributed by atoms with Crippen LogP contribution in [-0.2, 0) is 0 Å². The Morgan fingerprint density at radius 3 is 2.91 bits per heavy atom. The Labute approximate surface area is 140 Å². The lowest BCUT2D eigenvalue weighted by Gasteiger charge is -2.53. The normalized spacial score (nSPS) is 28.5. The first-order valence-corrected chi connectivity index (χ1v) is 8.40. The Bertz CT molecular complexity index is 612. The van der Waals surface area contributed by atoms with Gasteiger partial charge in [0.15, 0.2) is 0 Å². The highest BCUT2D eigenvalue weighted by Crippen LogP contribution is 2.41. The third kappa shape index (κ3) is 2.97. The number of nitrogens with zero attached hydrogens (tertiary/aromatic N) is 2. The Morgan fingerprint density at radius 2 is 2.22 bits per heavy atom. The monoisotopic (exact) mass is 340 g/mol. The summed E-state index contributed by atoms with van der Waals surface area (Å²) in [7, 11) is 2.05. The van der Waals surface area contributed by atoms with Crippen LogP contribution in [0.3, 0.4) is 0 Å². The summed E-state index contributed by atoms with van der Waals surface area (Å²) in [6.07, 6.45) is 2.87. The highest BCUT2D eigenvalue weighted by atomic mass is 35.5. The van der Waals surface area contributed by atoms with Gasteiger partial charge in [-0.3, -0.25) is 4.79 Å². The molecule has 0 radical (unpaired) electrons. The lowest BCUT2D eigenvalue weighted by atomic mass is 9.69. The van der Waals surface area contributed by atoms with E-state index >= 15 is 0 Å². The predicted octanol–water partition coefficient (Wildman–Crippen LogP) is 2.40. The van der Waals surface area contributed by atoms with Crippen LogP contribution in [0.4, 0.5) is 4.39 Å². The number of fused-ring (bicyclic) bond motifs is 1. The molecule has 126 valence electrons. The van der Waals surface area contributed by atoms with Crippen molar-refractivity contribution in [2.45, 2.75) is 25.3 Å². The number of aliphatic hydroxyl groups excluding tert-OH is 1. The molecule has 1 N–H and O–H groups in total. The predicted molar refractivity (Wildman–Crippen MR) is 87.1 cm³/mol. The van der Waals surface area contributed by atoms with Gasteiger partial charge < -0.3 is 14.9 Å². The van der Waals surface area contributed by atoms with Crippen molar-refractivity contribution in [3.8, 4) is 0 Å². The molecule has 2 fully saturated rings. The molecule has 0 aliphatic carbocycles. The molecule has 4 nitrogen and oxygen atoms in total. The van der Waals surface area contributed by atoms with Crippen molar-refractivity contribution in [3.05, 3.63) is 34.6 Å². The van der Waals surface area contributed by atoms with Crippen LogP contribution < -0.4 is 0 Å². The van der Waals surface area contributed by atoms with Gasteiger partial charge in [-0.15, -0.1) is 0 Å². The van der Waals surface area contributed by atoms with Crippen molar-refractivity contribution in [2.75, 3.05) is 33.3 Å². The van der Waals surface area contributed by atoms with Crippen molar-refractivity contribution in [1.82, 2.24) is 9.80 Å². The molecule has 1 aromatic carbocycles. The van der Waals surface area contributed by atoms with E-state index in [0.717, 1.165) is 25.8 Å². The van der Waals surface area contributed by atoms with E-state index in [2.05, 4.69) is 11.9 Å². The molecule has 23 heavy (non-hydrogen) atoms. The number of piperidine rings is 2. The minimum Gasteiger partial charge on any atom is -0.396 e. The van der Waals surface area contributed by atoms with Crippen LogP contribution in [0.1, 0.15) is 29.6 Å². The van der Waals surface area contributed by atoms with Crippen LogP contribution >= 0.6 is 11.6 Å². The number of hydrogen-bond donors (Lipinski definition) is 1. The van der Waals surface area contributed by atoms with E-state index in [1.165, 1.54) is 18.2 Å². The summed E-state index contributed by atoms with van der Waals surface area (Å²) < 4.78 is 13.3. The number of rotatable bonds is 2. The van der Waals surface area contributed by atoms with Crippen LogP contribution in [0, 0.1) is 11.2 Å². The molecule has 2 atom stereocenters. The maximum atomic E-state index is 13.3.